The highest BCUT2D eigenvalue weighted by Gasteiger charge is 2.49. The highest BCUT2D eigenvalue weighted by atomic mass is 35.5. The van der Waals surface area contributed by atoms with E-state index in [9.17, 15) is 19.3 Å². The van der Waals surface area contributed by atoms with Crippen LogP contribution in [0.4, 0.5) is 24.0 Å². The van der Waals surface area contributed by atoms with Gasteiger partial charge in [-0.3, -0.25) is 4.90 Å². The van der Waals surface area contributed by atoms with Crippen LogP contribution in [0.3, 0.4) is 0 Å². The Kier molecular flexibility index (Phi) is 6.47. The number of anilines is 2. The molecular weight excluding hydrogens is 627 g/mol. The van der Waals surface area contributed by atoms with E-state index in [1.165, 1.54) is 12.1 Å². The van der Waals surface area contributed by atoms with Crippen molar-refractivity contribution in [3.8, 4) is 35.0 Å². The largest absolute Gasteiger partial charge is 0.489 e. The maximum atomic E-state index is 17.0. The lowest BCUT2D eigenvalue weighted by Crippen LogP contribution is -2.43. The van der Waals surface area contributed by atoms with E-state index in [0.29, 0.717) is 31.7 Å². The number of ether oxygens (including phenoxy) is 2. The number of hydrogen-bond acceptors (Lipinski definition) is 10. The number of thiophene rings is 1. The quantitative estimate of drug-likeness (QED) is 0.284. The number of rotatable bonds is 4. The molecule has 0 aliphatic carbocycles. The molecule has 4 aliphatic heterocycles. The fourth-order valence-corrected chi connectivity index (χ4v) is 8.96. The number of halogens is 4. The molecule has 45 heavy (non-hydrogen) atoms. The first kappa shape index (κ1) is 28.4. The summed E-state index contributed by atoms with van der Waals surface area (Å²) in [6, 6.07) is 6.39. The zero-order chi connectivity index (χ0) is 31.2. The van der Waals surface area contributed by atoms with Crippen LogP contribution in [0, 0.1) is 40.2 Å². The van der Waals surface area contributed by atoms with E-state index in [1.807, 2.05) is 11.0 Å². The third-order valence-corrected chi connectivity index (χ3v) is 11.1. The predicted molar refractivity (Wildman–Crippen MR) is 163 cm³/mol. The predicted octanol–water partition coefficient (Wildman–Crippen LogP) is 5.96. The van der Waals surface area contributed by atoms with Crippen LogP contribution in [-0.4, -0.2) is 65.5 Å². The lowest BCUT2D eigenvalue weighted by atomic mass is 9.95. The van der Waals surface area contributed by atoms with E-state index in [2.05, 4.69) is 16.0 Å². The van der Waals surface area contributed by atoms with Crippen molar-refractivity contribution >= 4 is 54.7 Å². The van der Waals surface area contributed by atoms with Gasteiger partial charge in [0.15, 0.2) is 11.6 Å². The van der Waals surface area contributed by atoms with E-state index in [1.54, 1.807) is 0 Å². The average molecular weight is 652 g/mol. The fourth-order valence-electron chi connectivity index (χ4n) is 7.68. The topological polar surface area (TPSA) is 124 Å². The van der Waals surface area contributed by atoms with Crippen molar-refractivity contribution in [3.05, 3.63) is 34.4 Å². The van der Waals surface area contributed by atoms with Gasteiger partial charge in [0.1, 0.15) is 47.6 Å². The van der Waals surface area contributed by atoms with Crippen LogP contribution in [0.25, 0.3) is 32.1 Å². The molecule has 3 unspecified atom stereocenters. The van der Waals surface area contributed by atoms with Gasteiger partial charge >= 0.3 is 6.01 Å². The van der Waals surface area contributed by atoms with Crippen molar-refractivity contribution in [2.45, 2.75) is 43.4 Å². The summed E-state index contributed by atoms with van der Waals surface area (Å²) in [5.41, 5.74) is 5.47. The molecule has 0 saturated carbocycles. The maximum Gasteiger partial charge on any atom is 0.319 e. The highest BCUT2D eigenvalue weighted by Crippen LogP contribution is 2.52. The number of benzene rings is 2. The number of nitriles is 2. The summed E-state index contributed by atoms with van der Waals surface area (Å²) in [6.07, 6.45) is 1.64. The summed E-state index contributed by atoms with van der Waals surface area (Å²) < 4.78 is 58.9. The van der Waals surface area contributed by atoms with Crippen LogP contribution in [-0.2, 0) is 0 Å². The average Bonchev–Trinajstić information content (AvgIpc) is 3.75. The second-order valence-electron chi connectivity index (χ2n) is 12.1. The number of fused-ring (bicyclic) bond motifs is 4. The van der Waals surface area contributed by atoms with Gasteiger partial charge in [-0.05, 0) is 37.4 Å². The number of nitrogen functional groups attached to an aromatic ring is 1. The van der Waals surface area contributed by atoms with E-state index < -0.39 is 23.3 Å². The molecule has 3 saturated heterocycles. The van der Waals surface area contributed by atoms with Crippen LogP contribution in [0.5, 0.6) is 11.8 Å². The van der Waals surface area contributed by atoms with Gasteiger partial charge in [0.25, 0.3) is 0 Å². The van der Waals surface area contributed by atoms with Crippen LogP contribution in [0.15, 0.2) is 12.1 Å². The maximum absolute atomic E-state index is 17.0. The van der Waals surface area contributed by atoms with Gasteiger partial charge in [-0.15, -0.1) is 11.3 Å². The van der Waals surface area contributed by atoms with Crippen molar-refractivity contribution in [3.63, 3.8) is 0 Å². The lowest BCUT2D eigenvalue weighted by Gasteiger charge is -2.31. The van der Waals surface area contributed by atoms with Crippen LogP contribution in [0.2, 0.25) is 5.02 Å². The Morgan fingerprint density at radius 3 is 2.87 bits per heavy atom. The normalized spacial score (nSPS) is 25.6. The molecule has 0 amide bonds. The summed E-state index contributed by atoms with van der Waals surface area (Å²) in [5, 5.41) is 20.1. The number of alkyl halides is 1. The number of nitrogens with zero attached hydrogens (tertiary/aromatic N) is 6. The first-order chi connectivity index (χ1) is 21.7. The first-order valence-corrected chi connectivity index (χ1v) is 15.9. The van der Waals surface area contributed by atoms with Gasteiger partial charge in [-0.2, -0.15) is 20.5 Å². The minimum atomic E-state index is -0.955. The molecule has 4 aliphatic rings. The lowest BCUT2D eigenvalue weighted by molar-refractivity contribution is 0.107. The van der Waals surface area contributed by atoms with E-state index >= 15 is 4.39 Å². The molecule has 0 spiro atoms. The molecule has 4 aromatic rings. The zero-order valence-corrected chi connectivity index (χ0v) is 25.3. The molecule has 2 aromatic carbocycles. The van der Waals surface area contributed by atoms with E-state index in [-0.39, 0.29) is 84.6 Å². The molecule has 2 N–H and O–H groups in total. The van der Waals surface area contributed by atoms with Crippen molar-refractivity contribution in [2.24, 2.45) is 5.92 Å². The third kappa shape index (κ3) is 4.07. The van der Waals surface area contributed by atoms with E-state index in [4.69, 9.17) is 31.8 Å². The molecule has 8 rings (SSSR count). The van der Waals surface area contributed by atoms with Crippen LogP contribution >= 0.6 is 22.9 Å². The SMILES string of the molecule is N#Cc1c(N)sc2c(F)ccc(-c3c(Cl)c4c5c(nc(OCC67CCCN6C[C@H](F)C7)nc5c3F)N3CCC(C#N)C3CO4)c12. The number of hydrogen-bond donors (Lipinski definition) is 1. The van der Waals surface area contributed by atoms with Crippen LogP contribution < -0.4 is 20.1 Å². The highest BCUT2D eigenvalue weighted by molar-refractivity contribution is 7.23. The van der Waals surface area contributed by atoms with Gasteiger partial charge < -0.3 is 20.1 Å². The van der Waals surface area contributed by atoms with Gasteiger partial charge in [0.2, 0.25) is 0 Å². The summed E-state index contributed by atoms with van der Waals surface area (Å²) in [5.74, 6) is -1.37. The standard InChI is InChI=1S/C31H25ClF3N7O2S/c32-23-21(16-2-3-18(34)27-20(16)17(10-37)28(38)45-27)24(35)25-22-26(23)43-12-19-14(9-36)4-7-42(19)29(22)40-30(39-25)44-13-31-5-1-6-41(31)11-15(33)8-31/h2-3,14-15,19H,1,4-8,11-13,38H2/t14?,15-,19?,31?/m1/s1. The summed E-state index contributed by atoms with van der Waals surface area (Å²) in [4.78, 5) is 13.3. The third-order valence-electron chi connectivity index (χ3n) is 9.75. The molecule has 9 nitrogen and oxygen atoms in total. The number of aromatic nitrogens is 2. The Balaban J connectivity index is 1.35. The van der Waals surface area contributed by atoms with Gasteiger partial charge in [0.05, 0.1) is 44.2 Å². The molecule has 3 fully saturated rings. The van der Waals surface area contributed by atoms with Crippen molar-refractivity contribution in [1.29, 1.82) is 10.5 Å². The molecule has 4 atom stereocenters. The van der Waals surface area contributed by atoms with E-state index in [0.717, 1.165) is 30.7 Å². The molecule has 0 bridgehead atoms. The molecule has 6 heterocycles. The Hall–Kier alpha value is -4.04. The molecule has 2 aromatic heterocycles. The van der Waals surface area contributed by atoms with Crippen molar-refractivity contribution in [1.82, 2.24) is 14.9 Å². The monoisotopic (exact) mass is 651 g/mol. The zero-order valence-electron chi connectivity index (χ0n) is 23.7. The second kappa shape index (κ2) is 10.2. The fraction of sp³-hybridized carbons (Fsp3) is 0.419. The molecule has 14 heteroatoms. The smallest absolute Gasteiger partial charge is 0.319 e. The van der Waals surface area contributed by atoms with Gasteiger partial charge in [-0.1, -0.05) is 17.7 Å². The molecule has 0 radical (unpaired) electrons. The minimum absolute atomic E-state index is 0.0138. The molecular formula is C31H25ClF3N7O2S. The van der Waals surface area contributed by atoms with Gasteiger partial charge in [-0.25, -0.2) is 13.2 Å². The Morgan fingerprint density at radius 1 is 1.22 bits per heavy atom. The van der Waals surface area contributed by atoms with Crippen molar-refractivity contribution < 1.29 is 22.6 Å². The summed E-state index contributed by atoms with van der Waals surface area (Å²) >= 11 is 7.85. The van der Waals surface area contributed by atoms with Crippen LogP contribution in [0.1, 0.15) is 31.2 Å². The Labute approximate surface area is 264 Å². The van der Waals surface area contributed by atoms with Crippen molar-refractivity contribution in [2.75, 3.05) is 43.5 Å². The minimum Gasteiger partial charge on any atom is -0.489 e. The number of nitrogens with two attached hydrogens (primary N) is 1. The summed E-state index contributed by atoms with van der Waals surface area (Å²) in [6.45, 7) is 1.80. The second-order valence-corrected chi connectivity index (χ2v) is 13.5. The Bertz CT molecular complexity index is 2010. The Morgan fingerprint density at radius 2 is 2.07 bits per heavy atom. The first-order valence-electron chi connectivity index (χ1n) is 14.7. The molecule has 230 valence electrons. The summed E-state index contributed by atoms with van der Waals surface area (Å²) in [7, 11) is 0. The van der Waals surface area contributed by atoms with Gasteiger partial charge in [0, 0.05) is 30.5 Å².